The molecule has 2 aromatic rings. The minimum absolute atomic E-state index is 0.925. The fourth-order valence-electron chi connectivity index (χ4n) is 1.82. The lowest BCUT2D eigenvalue weighted by Gasteiger charge is -2.05. The van der Waals surface area contributed by atoms with Crippen molar-refractivity contribution >= 4 is 0 Å². The maximum atomic E-state index is 4.30. The zero-order valence-electron chi connectivity index (χ0n) is 10.2. The molecule has 88 valence electrons. The molecule has 0 saturated heterocycles. The molecule has 2 heteroatoms. The Morgan fingerprint density at radius 2 is 2.06 bits per heavy atom. The summed E-state index contributed by atoms with van der Waals surface area (Å²) in [4.78, 5) is 4.30. The Balaban J connectivity index is 1.73. The zero-order valence-corrected chi connectivity index (χ0v) is 10.2. The van der Waals surface area contributed by atoms with Crippen LogP contribution in [0.25, 0.3) is 0 Å². The summed E-state index contributed by atoms with van der Waals surface area (Å²) in [6, 6.07) is 14.6. The Kier molecular flexibility index (Phi) is 4.28. The van der Waals surface area contributed by atoms with Crippen molar-refractivity contribution in [3.8, 4) is 0 Å². The largest absolute Gasteiger partial charge is 0.312 e. The van der Waals surface area contributed by atoms with Crippen molar-refractivity contribution in [2.45, 2.75) is 19.9 Å². The van der Waals surface area contributed by atoms with Crippen LogP contribution in [0, 0.1) is 6.92 Å². The minimum Gasteiger partial charge on any atom is -0.312 e. The first-order chi connectivity index (χ1) is 8.34. The van der Waals surface area contributed by atoms with E-state index < -0.39 is 0 Å². The molecule has 1 aromatic heterocycles. The third-order valence-corrected chi connectivity index (χ3v) is 2.70. The van der Waals surface area contributed by atoms with Gasteiger partial charge < -0.3 is 5.32 Å². The summed E-state index contributed by atoms with van der Waals surface area (Å²) in [5, 5.41) is 3.44. The van der Waals surface area contributed by atoms with Gasteiger partial charge in [0.05, 0.1) is 0 Å². The SMILES string of the molecule is Cc1cccc(CNCCc2ccccn2)c1. The first-order valence-corrected chi connectivity index (χ1v) is 6.01. The summed E-state index contributed by atoms with van der Waals surface area (Å²) in [5.41, 5.74) is 3.80. The summed E-state index contributed by atoms with van der Waals surface area (Å²) < 4.78 is 0. The molecule has 17 heavy (non-hydrogen) atoms. The van der Waals surface area contributed by atoms with Gasteiger partial charge in [0.15, 0.2) is 0 Å². The van der Waals surface area contributed by atoms with Crippen LogP contribution in [0.3, 0.4) is 0 Å². The molecule has 0 aliphatic heterocycles. The van der Waals surface area contributed by atoms with E-state index in [2.05, 4.69) is 47.6 Å². The minimum atomic E-state index is 0.925. The van der Waals surface area contributed by atoms with Crippen LogP contribution in [0.2, 0.25) is 0 Å². The van der Waals surface area contributed by atoms with Crippen LogP contribution in [0.4, 0.5) is 0 Å². The van der Waals surface area contributed by atoms with E-state index >= 15 is 0 Å². The highest BCUT2D eigenvalue weighted by atomic mass is 14.8. The van der Waals surface area contributed by atoms with Gasteiger partial charge in [-0.1, -0.05) is 35.9 Å². The molecule has 0 saturated carbocycles. The number of pyridine rings is 1. The number of hydrogen-bond donors (Lipinski definition) is 1. The molecule has 2 rings (SSSR count). The number of aryl methyl sites for hydroxylation is 1. The molecule has 2 nitrogen and oxygen atoms in total. The van der Waals surface area contributed by atoms with Crippen LogP contribution in [0.5, 0.6) is 0 Å². The Morgan fingerprint density at radius 1 is 1.12 bits per heavy atom. The highest BCUT2D eigenvalue weighted by Gasteiger charge is 1.95. The molecule has 0 unspecified atom stereocenters. The quantitative estimate of drug-likeness (QED) is 0.793. The third-order valence-electron chi connectivity index (χ3n) is 2.70. The first kappa shape index (κ1) is 11.8. The second kappa shape index (κ2) is 6.16. The number of benzene rings is 1. The van der Waals surface area contributed by atoms with Crippen LogP contribution in [-0.4, -0.2) is 11.5 Å². The van der Waals surface area contributed by atoms with Crippen molar-refractivity contribution in [1.82, 2.24) is 10.3 Å². The fourth-order valence-corrected chi connectivity index (χ4v) is 1.82. The van der Waals surface area contributed by atoms with E-state index in [1.54, 1.807) is 0 Å². The maximum Gasteiger partial charge on any atom is 0.0416 e. The first-order valence-electron chi connectivity index (χ1n) is 6.01. The van der Waals surface area contributed by atoms with Gasteiger partial charge in [0.25, 0.3) is 0 Å². The monoisotopic (exact) mass is 226 g/mol. The molecule has 0 amide bonds. The predicted octanol–water partition coefficient (Wildman–Crippen LogP) is 2.72. The highest BCUT2D eigenvalue weighted by molar-refractivity contribution is 5.21. The van der Waals surface area contributed by atoms with Crippen LogP contribution in [0.15, 0.2) is 48.7 Å². The summed E-state index contributed by atoms with van der Waals surface area (Å²) in [6.07, 6.45) is 2.82. The number of nitrogens with zero attached hydrogens (tertiary/aromatic N) is 1. The van der Waals surface area contributed by atoms with E-state index in [0.717, 1.165) is 25.2 Å². The van der Waals surface area contributed by atoms with E-state index in [9.17, 15) is 0 Å². The normalized spacial score (nSPS) is 10.4. The van der Waals surface area contributed by atoms with Gasteiger partial charge >= 0.3 is 0 Å². The third kappa shape index (κ3) is 4.00. The highest BCUT2D eigenvalue weighted by Crippen LogP contribution is 2.03. The van der Waals surface area contributed by atoms with Gasteiger partial charge in [0.2, 0.25) is 0 Å². The number of hydrogen-bond acceptors (Lipinski definition) is 2. The van der Waals surface area contributed by atoms with Gasteiger partial charge in [-0.3, -0.25) is 4.98 Å². The van der Waals surface area contributed by atoms with Crippen LogP contribution < -0.4 is 5.32 Å². The van der Waals surface area contributed by atoms with Crippen molar-refractivity contribution in [3.05, 3.63) is 65.5 Å². The van der Waals surface area contributed by atoms with Crippen molar-refractivity contribution in [2.24, 2.45) is 0 Å². The van der Waals surface area contributed by atoms with Gasteiger partial charge in [-0.2, -0.15) is 0 Å². The Hall–Kier alpha value is -1.67. The van der Waals surface area contributed by atoms with E-state index in [-0.39, 0.29) is 0 Å². The standard InChI is InChI=1S/C15H18N2/c1-13-5-4-6-14(11-13)12-16-10-8-15-7-2-3-9-17-15/h2-7,9,11,16H,8,10,12H2,1H3. The molecule has 0 radical (unpaired) electrons. The molecule has 0 spiro atoms. The predicted molar refractivity (Wildman–Crippen MR) is 70.8 cm³/mol. The van der Waals surface area contributed by atoms with Crippen molar-refractivity contribution in [1.29, 1.82) is 0 Å². The molecule has 1 heterocycles. The Morgan fingerprint density at radius 3 is 2.82 bits per heavy atom. The number of rotatable bonds is 5. The summed E-state index contributed by atoms with van der Waals surface area (Å²) >= 11 is 0. The average Bonchev–Trinajstić information content (AvgIpc) is 2.36. The smallest absolute Gasteiger partial charge is 0.0416 e. The molecule has 0 bridgehead atoms. The number of nitrogens with one attached hydrogen (secondary N) is 1. The molecule has 0 atom stereocenters. The van der Waals surface area contributed by atoms with E-state index in [4.69, 9.17) is 0 Å². The second-order valence-electron chi connectivity index (χ2n) is 4.24. The van der Waals surface area contributed by atoms with Gasteiger partial charge in [-0.25, -0.2) is 0 Å². The van der Waals surface area contributed by atoms with Crippen LogP contribution >= 0.6 is 0 Å². The van der Waals surface area contributed by atoms with Crippen molar-refractivity contribution in [3.63, 3.8) is 0 Å². The van der Waals surface area contributed by atoms with Gasteiger partial charge in [0, 0.05) is 31.4 Å². The summed E-state index contributed by atoms with van der Waals surface area (Å²) in [5.74, 6) is 0. The summed E-state index contributed by atoms with van der Waals surface area (Å²) in [6.45, 7) is 4.01. The Labute approximate surface area is 103 Å². The lowest BCUT2D eigenvalue weighted by atomic mass is 10.1. The van der Waals surface area contributed by atoms with Crippen LogP contribution in [0.1, 0.15) is 16.8 Å². The van der Waals surface area contributed by atoms with E-state index in [1.807, 2.05) is 18.3 Å². The van der Waals surface area contributed by atoms with Gasteiger partial charge in [-0.05, 0) is 24.6 Å². The molecule has 0 aliphatic carbocycles. The molecule has 0 aliphatic rings. The van der Waals surface area contributed by atoms with E-state index in [0.29, 0.717) is 0 Å². The summed E-state index contributed by atoms with van der Waals surface area (Å²) in [7, 11) is 0. The van der Waals surface area contributed by atoms with Crippen molar-refractivity contribution in [2.75, 3.05) is 6.54 Å². The van der Waals surface area contributed by atoms with Gasteiger partial charge in [-0.15, -0.1) is 0 Å². The van der Waals surface area contributed by atoms with Crippen molar-refractivity contribution < 1.29 is 0 Å². The lowest BCUT2D eigenvalue weighted by molar-refractivity contribution is 0.679. The average molecular weight is 226 g/mol. The molecule has 1 N–H and O–H groups in total. The maximum absolute atomic E-state index is 4.30. The molecular weight excluding hydrogens is 208 g/mol. The Bertz CT molecular complexity index is 451. The zero-order chi connectivity index (χ0) is 11.9. The number of aromatic nitrogens is 1. The van der Waals surface area contributed by atoms with E-state index in [1.165, 1.54) is 11.1 Å². The lowest BCUT2D eigenvalue weighted by Crippen LogP contribution is -2.17. The van der Waals surface area contributed by atoms with Crippen LogP contribution in [-0.2, 0) is 13.0 Å². The topological polar surface area (TPSA) is 24.9 Å². The molecular formula is C15H18N2. The molecule has 0 fully saturated rings. The fraction of sp³-hybridized carbons (Fsp3) is 0.267. The molecule has 1 aromatic carbocycles. The van der Waals surface area contributed by atoms with Gasteiger partial charge in [0.1, 0.15) is 0 Å². The second-order valence-corrected chi connectivity index (χ2v) is 4.24.